The maximum Gasteiger partial charge on any atom is 0.305 e. The van der Waals surface area contributed by atoms with Gasteiger partial charge in [0.2, 0.25) is 0 Å². The van der Waals surface area contributed by atoms with Crippen LogP contribution in [0.3, 0.4) is 0 Å². The molecule has 1 aromatic rings. The fourth-order valence-electron chi connectivity index (χ4n) is 1.77. The predicted molar refractivity (Wildman–Crippen MR) is 72.5 cm³/mol. The van der Waals surface area contributed by atoms with Crippen molar-refractivity contribution in [3.63, 3.8) is 0 Å². The summed E-state index contributed by atoms with van der Waals surface area (Å²) in [4.78, 5) is 23.1. The zero-order valence-electron chi connectivity index (χ0n) is 11.0. The van der Waals surface area contributed by atoms with Crippen molar-refractivity contribution < 1.29 is 19.8 Å². The summed E-state index contributed by atoms with van der Waals surface area (Å²) in [6, 6.07) is 7.76. The molecule has 0 spiro atoms. The molecule has 5 heteroatoms. The number of hydrogen-bond acceptors (Lipinski definition) is 3. The normalized spacial score (nSPS) is 10.2. The second-order valence-corrected chi connectivity index (χ2v) is 4.29. The minimum Gasteiger partial charge on any atom is -0.481 e. The second kappa shape index (κ2) is 7.41. The van der Waals surface area contributed by atoms with Crippen molar-refractivity contribution in [3.05, 3.63) is 29.8 Å². The summed E-state index contributed by atoms with van der Waals surface area (Å²) >= 11 is 0. The largest absolute Gasteiger partial charge is 0.481 e. The molecule has 0 radical (unpaired) electrons. The van der Waals surface area contributed by atoms with Gasteiger partial charge in [-0.15, -0.1) is 0 Å². The Morgan fingerprint density at radius 1 is 1.00 bits per heavy atom. The van der Waals surface area contributed by atoms with Crippen LogP contribution >= 0.6 is 0 Å². The number of rotatable bonds is 8. The van der Waals surface area contributed by atoms with E-state index in [1.54, 1.807) is 4.90 Å². The van der Waals surface area contributed by atoms with Crippen LogP contribution in [0.25, 0.3) is 0 Å². The van der Waals surface area contributed by atoms with E-state index < -0.39 is 11.9 Å². The predicted octanol–water partition coefficient (Wildman–Crippen LogP) is 2.00. The summed E-state index contributed by atoms with van der Waals surface area (Å²) in [5.74, 6) is -1.77. The van der Waals surface area contributed by atoms with Crippen molar-refractivity contribution >= 4 is 17.6 Å². The highest BCUT2D eigenvalue weighted by Crippen LogP contribution is 2.16. The van der Waals surface area contributed by atoms with E-state index in [1.165, 1.54) is 5.56 Å². The minimum atomic E-state index is -0.884. The van der Waals surface area contributed by atoms with Gasteiger partial charge in [0.25, 0.3) is 0 Å². The van der Waals surface area contributed by atoms with E-state index in [2.05, 4.69) is 6.92 Å². The number of hydrogen-bond donors (Lipinski definition) is 2. The van der Waals surface area contributed by atoms with E-state index in [1.807, 2.05) is 24.3 Å². The van der Waals surface area contributed by atoms with Gasteiger partial charge >= 0.3 is 11.9 Å². The number of carboxylic acids is 2. The highest BCUT2D eigenvalue weighted by atomic mass is 16.4. The molecule has 0 atom stereocenters. The van der Waals surface area contributed by atoms with Gasteiger partial charge in [-0.05, 0) is 24.1 Å². The van der Waals surface area contributed by atoms with E-state index >= 15 is 0 Å². The molecule has 0 aliphatic carbocycles. The Hall–Kier alpha value is -2.04. The summed E-state index contributed by atoms with van der Waals surface area (Å²) in [5, 5.41) is 17.5. The molecule has 0 amide bonds. The van der Waals surface area contributed by atoms with Crippen LogP contribution in [-0.4, -0.2) is 35.2 Å². The topological polar surface area (TPSA) is 77.8 Å². The molecular weight excluding hydrogens is 246 g/mol. The van der Waals surface area contributed by atoms with Crippen LogP contribution in [0.15, 0.2) is 24.3 Å². The molecule has 0 saturated heterocycles. The van der Waals surface area contributed by atoms with Crippen LogP contribution in [0, 0.1) is 0 Å². The lowest BCUT2D eigenvalue weighted by Gasteiger charge is -2.23. The summed E-state index contributed by atoms with van der Waals surface area (Å²) in [6.45, 7) is 2.68. The molecule has 19 heavy (non-hydrogen) atoms. The van der Waals surface area contributed by atoms with Crippen molar-refractivity contribution in [2.24, 2.45) is 0 Å². The van der Waals surface area contributed by atoms with Crippen molar-refractivity contribution in [2.75, 3.05) is 18.0 Å². The fourth-order valence-corrected chi connectivity index (χ4v) is 1.77. The van der Waals surface area contributed by atoms with E-state index in [-0.39, 0.29) is 12.8 Å². The number of anilines is 1. The van der Waals surface area contributed by atoms with Crippen LogP contribution in [0.2, 0.25) is 0 Å². The summed E-state index contributed by atoms with van der Waals surface area (Å²) in [5.41, 5.74) is 2.06. The van der Waals surface area contributed by atoms with Crippen molar-refractivity contribution in [1.29, 1.82) is 0 Å². The Labute approximate surface area is 112 Å². The number of nitrogens with zero attached hydrogens (tertiary/aromatic N) is 1. The Balaban J connectivity index is 2.74. The third-order valence-electron chi connectivity index (χ3n) is 2.90. The first-order valence-electron chi connectivity index (χ1n) is 6.30. The Morgan fingerprint density at radius 2 is 1.47 bits per heavy atom. The van der Waals surface area contributed by atoms with E-state index in [0.717, 1.165) is 12.1 Å². The van der Waals surface area contributed by atoms with Crippen molar-refractivity contribution in [2.45, 2.75) is 26.2 Å². The molecule has 104 valence electrons. The first-order chi connectivity index (χ1) is 9.02. The lowest BCUT2D eigenvalue weighted by Crippen LogP contribution is -2.28. The van der Waals surface area contributed by atoms with Gasteiger partial charge in [-0.25, -0.2) is 0 Å². The molecule has 0 bridgehead atoms. The smallest absolute Gasteiger partial charge is 0.305 e. The second-order valence-electron chi connectivity index (χ2n) is 4.29. The van der Waals surface area contributed by atoms with Gasteiger partial charge in [0.05, 0.1) is 12.8 Å². The Morgan fingerprint density at radius 3 is 1.84 bits per heavy atom. The van der Waals surface area contributed by atoms with Gasteiger partial charge < -0.3 is 15.1 Å². The molecule has 5 nitrogen and oxygen atoms in total. The van der Waals surface area contributed by atoms with Crippen LogP contribution in [-0.2, 0) is 16.0 Å². The van der Waals surface area contributed by atoms with Crippen LogP contribution < -0.4 is 4.90 Å². The number of carboxylic acid groups (broad SMARTS) is 2. The number of carbonyl (C=O) groups is 2. The monoisotopic (exact) mass is 265 g/mol. The van der Waals surface area contributed by atoms with Gasteiger partial charge in [0.1, 0.15) is 0 Å². The third-order valence-corrected chi connectivity index (χ3v) is 2.90. The van der Waals surface area contributed by atoms with Crippen molar-refractivity contribution in [1.82, 2.24) is 0 Å². The molecule has 1 rings (SSSR count). The first kappa shape index (κ1) is 15.0. The summed E-state index contributed by atoms with van der Waals surface area (Å²) in [6.07, 6.45) is 0.925. The quantitative estimate of drug-likeness (QED) is 0.751. The van der Waals surface area contributed by atoms with Gasteiger partial charge in [-0.2, -0.15) is 0 Å². The minimum absolute atomic E-state index is 0.00481. The molecule has 1 aromatic carbocycles. The molecule has 0 aromatic heterocycles. The Kier molecular flexibility index (Phi) is 5.85. The number of aryl methyl sites for hydroxylation is 1. The molecule has 0 unspecified atom stereocenters. The summed E-state index contributed by atoms with van der Waals surface area (Å²) < 4.78 is 0. The molecule has 0 aliphatic heterocycles. The molecular formula is C14H19NO4. The average Bonchev–Trinajstić information content (AvgIpc) is 2.38. The molecule has 2 N–H and O–H groups in total. The lowest BCUT2D eigenvalue weighted by atomic mass is 10.1. The fraction of sp³-hybridized carbons (Fsp3) is 0.429. The van der Waals surface area contributed by atoms with Crippen molar-refractivity contribution in [3.8, 4) is 0 Å². The Bertz CT molecular complexity index is 410. The standard InChI is InChI=1S/C14H19NO4/c1-2-11-3-5-12(6-4-11)15(9-7-13(16)17)10-8-14(18)19/h3-6H,2,7-10H2,1H3,(H,16,17)(H,18,19). The molecule has 0 aliphatic rings. The maximum absolute atomic E-state index is 10.6. The maximum atomic E-state index is 10.6. The van der Waals surface area contributed by atoms with Gasteiger partial charge in [-0.3, -0.25) is 9.59 Å². The average molecular weight is 265 g/mol. The van der Waals surface area contributed by atoms with Gasteiger partial charge in [-0.1, -0.05) is 19.1 Å². The van der Waals surface area contributed by atoms with E-state index in [4.69, 9.17) is 10.2 Å². The molecule has 0 heterocycles. The highest BCUT2D eigenvalue weighted by Gasteiger charge is 2.10. The van der Waals surface area contributed by atoms with Crippen LogP contribution in [0.4, 0.5) is 5.69 Å². The van der Waals surface area contributed by atoms with Gasteiger partial charge in [0.15, 0.2) is 0 Å². The number of benzene rings is 1. The lowest BCUT2D eigenvalue weighted by molar-refractivity contribution is -0.137. The van der Waals surface area contributed by atoms with Crippen LogP contribution in [0.1, 0.15) is 25.3 Å². The SMILES string of the molecule is CCc1ccc(N(CCC(=O)O)CCC(=O)O)cc1. The van der Waals surface area contributed by atoms with E-state index in [0.29, 0.717) is 13.1 Å². The number of aliphatic carboxylic acids is 2. The zero-order valence-corrected chi connectivity index (χ0v) is 11.0. The molecule has 0 fully saturated rings. The highest BCUT2D eigenvalue weighted by molar-refractivity contribution is 5.69. The molecule has 0 saturated carbocycles. The van der Waals surface area contributed by atoms with E-state index in [9.17, 15) is 9.59 Å². The third kappa shape index (κ3) is 5.42. The zero-order chi connectivity index (χ0) is 14.3. The summed E-state index contributed by atoms with van der Waals surface area (Å²) in [7, 11) is 0. The van der Waals surface area contributed by atoms with Gasteiger partial charge in [0, 0.05) is 18.8 Å². The first-order valence-corrected chi connectivity index (χ1v) is 6.30. The van der Waals surface area contributed by atoms with Crippen LogP contribution in [0.5, 0.6) is 0 Å².